The molecule has 0 spiro atoms. The molecule has 0 N–H and O–H groups in total. The van der Waals surface area contributed by atoms with Gasteiger partial charge in [0.25, 0.3) is 0 Å². The molecule has 2 saturated carbocycles. The first kappa shape index (κ1) is 13.0. The van der Waals surface area contributed by atoms with Gasteiger partial charge in [-0.25, -0.2) is 0 Å². The molecule has 2 aliphatic rings. The Morgan fingerprint density at radius 1 is 1.05 bits per heavy atom. The number of hydrogen-bond acceptors (Lipinski definition) is 0. The molecule has 19 heavy (non-hydrogen) atoms. The molecule has 0 nitrogen and oxygen atoms in total. The summed E-state index contributed by atoms with van der Waals surface area (Å²) in [6.45, 7) is 2.31. The second-order valence-electron chi connectivity index (χ2n) is 6.36. The van der Waals surface area contributed by atoms with Crippen LogP contribution in [0.25, 0.3) is 0 Å². The molecule has 0 radical (unpaired) electrons. The first-order valence-electron chi connectivity index (χ1n) is 8.14. The molecule has 0 aliphatic heterocycles. The third kappa shape index (κ3) is 3.11. The van der Waals surface area contributed by atoms with Crippen molar-refractivity contribution < 1.29 is 0 Å². The second kappa shape index (κ2) is 5.94. The maximum atomic E-state index is 2.31. The summed E-state index contributed by atoms with van der Waals surface area (Å²) in [6, 6.07) is 11.1. The molecule has 1 aromatic rings. The molecule has 0 heteroatoms. The van der Waals surface area contributed by atoms with E-state index in [0.29, 0.717) is 0 Å². The summed E-state index contributed by atoms with van der Waals surface area (Å²) in [4.78, 5) is 0. The third-order valence-electron chi connectivity index (χ3n) is 5.02. The molecule has 2 fully saturated rings. The van der Waals surface area contributed by atoms with Gasteiger partial charge in [-0.2, -0.15) is 0 Å². The van der Waals surface area contributed by atoms with E-state index in [0.717, 1.165) is 11.8 Å². The van der Waals surface area contributed by atoms with E-state index in [1.807, 2.05) is 11.1 Å². The molecule has 3 rings (SSSR count). The summed E-state index contributed by atoms with van der Waals surface area (Å²) >= 11 is 0. The van der Waals surface area contributed by atoms with E-state index < -0.39 is 0 Å². The Hall–Kier alpha value is -1.04. The highest BCUT2D eigenvalue weighted by Gasteiger charge is 2.33. The van der Waals surface area contributed by atoms with Crippen LogP contribution in [0.2, 0.25) is 0 Å². The van der Waals surface area contributed by atoms with Gasteiger partial charge in [0.2, 0.25) is 0 Å². The molecular formula is C19H26. The molecule has 0 bridgehead atoms. The van der Waals surface area contributed by atoms with E-state index in [1.165, 1.54) is 51.4 Å². The van der Waals surface area contributed by atoms with Crippen LogP contribution in [-0.2, 0) is 0 Å². The van der Waals surface area contributed by atoms with E-state index in [4.69, 9.17) is 0 Å². The Balaban J connectivity index is 1.55. The van der Waals surface area contributed by atoms with Crippen molar-refractivity contribution in [1.29, 1.82) is 0 Å². The average molecular weight is 254 g/mol. The van der Waals surface area contributed by atoms with Crippen LogP contribution in [0.15, 0.2) is 41.5 Å². The zero-order valence-electron chi connectivity index (χ0n) is 12.2. The van der Waals surface area contributed by atoms with Crippen molar-refractivity contribution in [2.75, 3.05) is 0 Å². The van der Waals surface area contributed by atoms with Gasteiger partial charge >= 0.3 is 0 Å². The fourth-order valence-electron chi connectivity index (χ4n) is 3.71. The lowest BCUT2D eigenvalue weighted by Gasteiger charge is -2.24. The number of rotatable bonds is 4. The number of benzene rings is 1. The van der Waals surface area contributed by atoms with Crippen LogP contribution in [0.5, 0.6) is 0 Å². The second-order valence-corrected chi connectivity index (χ2v) is 6.36. The first-order valence-corrected chi connectivity index (χ1v) is 8.14. The van der Waals surface area contributed by atoms with Crippen LogP contribution >= 0.6 is 0 Å². The Kier molecular flexibility index (Phi) is 4.06. The smallest absolute Gasteiger partial charge is 0.0156 e. The SMILES string of the molecule is CCCCC1CC1=C1CCC(c2ccccc2)CC1. The van der Waals surface area contributed by atoms with E-state index in [2.05, 4.69) is 37.3 Å². The van der Waals surface area contributed by atoms with Gasteiger partial charge in [0.05, 0.1) is 0 Å². The van der Waals surface area contributed by atoms with Gasteiger partial charge < -0.3 is 0 Å². The molecule has 102 valence electrons. The molecule has 1 aromatic carbocycles. The zero-order valence-corrected chi connectivity index (χ0v) is 12.2. The average Bonchev–Trinajstić information content (AvgIpc) is 3.26. The lowest BCUT2D eigenvalue weighted by molar-refractivity contribution is 0.514. The molecule has 0 heterocycles. The highest BCUT2D eigenvalue weighted by Crippen LogP contribution is 2.48. The summed E-state index contributed by atoms with van der Waals surface area (Å²) < 4.78 is 0. The third-order valence-corrected chi connectivity index (χ3v) is 5.02. The molecule has 0 amide bonds. The van der Waals surface area contributed by atoms with Crippen molar-refractivity contribution in [1.82, 2.24) is 0 Å². The van der Waals surface area contributed by atoms with Gasteiger partial charge in [-0.1, -0.05) is 61.2 Å². The minimum absolute atomic E-state index is 0.818. The van der Waals surface area contributed by atoms with Crippen LogP contribution in [0.3, 0.4) is 0 Å². The van der Waals surface area contributed by atoms with Crippen LogP contribution in [0, 0.1) is 5.92 Å². The molecule has 2 aliphatic carbocycles. The number of unbranched alkanes of at least 4 members (excludes halogenated alkanes) is 1. The van der Waals surface area contributed by atoms with Crippen molar-refractivity contribution in [3.8, 4) is 0 Å². The van der Waals surface area contributed by atoms with Crippen LogP contribution < -0.4 is 0 Å². The summed E-state index contributed by atoms with van der Waals surface area (Å²) in [5, 5.41) is 0. The minimum atomic E-state index is 0.818. The lowest BCUT2D eigenvalue weighted by atomic mass is 9.81. The zero-order chi connectivity index (χ0) is 13.1. The molecular weight excluding hydrogens is 228 g/mol. The molecule has 1 unspecified atom stereocenters. The monoisotopic (exact) mass is 254 g/mol. The summed E-state index contributed by atoms with van der Waals surface area (Å²) in [6.07, 6.45) is 11.2. The molecule has 1 atom stereocenters. The number of allylic oxidation sites excluding steroid dienone is 2. The fourth-order valence-corrected chi connectivity index (χ4v) is 3.71. The largest absolute Gasteiger partial charge is 0.0707 e. The van der Waals surface area contributed by atoms with Gasteiger partial charge in [-0.05, 0) is 55.9 Å². The minimum Gasteiger partial charge on any atom is -0.0707 e. The van der Waals surface area contributed by atoms with Gasteiger partial charge in [0.15, 0.2) is 0 Å². The van der Waals surface area contributed by atoms with E-state index in [9.17, 15) is 0 Å². The van der Waals surface area contributed by atoms with Gasteiger partial charge in [0, 0.05) is 0 Å². The van der Waals surface area contributed by atoms with E-state index in [-0.39, 0.29) is 0 Å². The highest BCUT2D eigenvalue weighted by atomic mass is 14.4. The Labute approximate surface area is 117 Å². The normalized spacial score (nSPS) is 26.6. The quantitative estimate of drug-likeness (QED) is 0.591. The number of hydrogen-bond donors (Lipinski definition) is 0. The Morgan fingerprint density at radius 2 is 1.79 bits per heavy atom. The van der Waals surface area contributed by atoms with E-state index in [1.54, 1.807) is 5.56 Å². The van der Waals surface area contributed by atoms with Gasteiger partial charge in [-0.15, -0.1) is 0 Å². The van der Waals surface area contributed by atoms with Crippen LogP contribution in [-0.4, -0.2) is 0 Å². The summed E-state index contributed by atoms with van der Waals surface area (Å²) in [7, 11) is 0. The summed E-state index contributed by atoms with van der Waals surface area (Å²) in [5.41, 5.74) is 5.26. The molecule has 0 aromatic heterocycles. The van der Waals surface area contributed by atoms with Gasteiger partial charge in [0.1, 0.15) is 0 Å². The maximum Gasteiger partial charge on any atom is -0.0156 e. The predicted molar refractivity (Wildman–Crippen MR) is 82.3 cm³/mol. The van der Waals surface area contributed by atoms with Crippen molar-refractivity contribution in [2.45, 2.75) is 64.2 Å². The first-order chi connectivity index (χ1) is 9.38. The summed E-state index contributed by atoms with van der Waals surface area (Å²) in [5.74, 6) is 1.81. The topological polar surface area (TPSA) is 0 Å². The van der Waals surface area contributed by atoms with E-state index >= 15 is 0 Å². The van der Waals surface area contributed by atoms with Crippen LogP contribution in [0.1, 0.15) is 69.8 Å². The van der Waals surface area contributed by atoms with Crippen LogP contribution in [0.4, 0.5) is 0 Å². The Bertz CT molecular complexity index is 430. The fraction of sp³-hybridized carbons (Fsp3) is 0.579. The van der Waals surface area contributed by atoms with Crippen molar-refractivity contribution in [3.63, 3.8) is 0 Å². The maximum absolute atomic E-state index is 2.31. The van der Waals surface area contributed by atoms with Crippen molar-refractivity contribution >= 4 is 0 Å². The standard InChI is InChI=1S/C19H26/c1-2-3-7-18-14-19(18)17-12-10-16(11-13-17)15-8-5-4-6-9-15/h4-6,8-9,16,18H,2-3,7,10-14H2,1H3. The van der Waals surface area contributed by atoms with Gasteiger partial charge in [-0.3, -0.25) is 0 Å². The lowest BCUT2D eigenvalue weighted by Crippen LogP contribution is -2.06. The highest BCUT2D eigenvalue weighted by molar-refractivity contribution is 5.32. The molecule has 0 saturated heterocycles. The van der Waals surface area contributed by atoms with Crippen molar-refractivity contribution in [3.05, 3.63) is 47.0 Å². The Morgan fingerprint density at radius 3 is 2.47 bits per heavy atom. The van der Waals surface area contributed by atoms with Crippen molar-refractivity contribution in [2.24, 2.45) is 5.92 Å². The predicted octanol–water partition coefficient (Wildman–Crippen LogP) is 5.85.